The molecule has 20 heavy (non-hydrogen) atoms. The third-order valence-corrected chi connectivity index (χ3v) is 4.37. The first-order chi connectivity index (χ1) is 9.78. The number of amidine groups is 1. The highest BCUT2D eigenvalue weighted by Crippen LogP contribution is 2.43. The quantitative estimate of drug-likeness (QED) is 0.576. The summed E-state index contributed by atoms with van der Waals surface area (Å²) < 4.78 is 1.03. The van der Waals surface area contributed by atoms with Gasteiger partial charge in [-0.2, -0.15) is 5.10 Å². The van der Waals surface area contributed by atoms with Crippen molar-refractivity contribution in [3.8, 4) is 0 Å². The predicted molar refractivity (Wildman–Crippen MR) is 85.6 cm³/mol. The van der Waals surface area contributed by atoms with Gasteiger partial charge in [0.1, 0.15) is 0 Å². The maximum atomic E-state index is 5.59. The van der Waals surface area contributed by atoms with E-state index in [2.05, 4.69) is 67.6 Å². The number of para-hydroxylation sites is 1. The van der Waals surface area contributed by atoms with E-state index in [-0.39, 0.29) is 0 Å². The number of nitrogens with two attached hydrogens (primary N) is 1. The number of hydrazone groups is 1. The van der Waals surface area contributed by atoms with Crippen LogP contribution < -0.4 is 16.1 Å². The van der Waals surface area contributed by atoms with Gasteiger partial charge in [-0.05, 0) is 36.2 Å². The second-order valence-electron chi connectivity index (χ2n) is 4.98. The van der Waals surface area contributed by atoms with Crippen LogP contribution in [0.5, 0.6) is 0 Å². The average Bonchev–Trinajstić information content (AvgIpc) is 2.83. The molecule has 2 aliphatic rings. The SMILES string of the molecule is N/N=C1\Nc2cc(Br)ccc2N2CCc3cccc1c32. The van der Waals surface area contributed by atoms with Gasteiger partial charge in [-0.1, -0.05) is 28.1 Å². The first kappa shape index (κ1) is 11.8. The van der Waals surface area contributed by atoms with Crippen molar-refractivity contribution in [3.05, 3.63) is 52.0 Å². The van der Waals surface area contributed by atoms with E-state index < -0.39 is 0 Å². The minimum atomic E-state index is 0.714. The van der Waals surface area contributed by atoms with Crippen LogP contribution in [-0.4, -0.2) is 12.4 Å². The van der Waals surface area contributed by atoms with Crippen LogP contribution in [0.1, 0.15) is 11.1 Å². The summed E-state index contributed by atoms with van der Waals surface area (Å²) in [6, 6.07) is 12.6. The molecule has 0 atom stereocenters. The van der Waals surface area contributed by atoms with E-state index in [9.17, 15) is 0 Å². The Kier molecular flexibility index (Phi) is 2.50. The molecule has 0 amide bonds. The molecule has 2 aliphatic heterocycles. The number of hydrogen-bond acceptors (Lipinski definition) is 3. The third kappa shape index (κ3) is 1.56. The molecule has 4 rings (SSSR count). The summed E-state index contributed by atoms with van der Waals surface area (Å²) in [7, 11) is 0. The van der Waals surface area contributed by atoms with Crippen molar-refractivity contribution in [2.75, 3.05) is 16.8 Å². The Morgan fingerprint density at radius 1 is 1.25 bits per heavy atom. The van der Waals surface area contributed by atoms with E-state index in [0.717, 1.165) is 34.4 Å². The largest absolute Gasteiger partial charge is 0.339 e. The highest BCUT2D eigenvalue weighted by Gasteiger charge is 2.30. The highest BCUT2D eigenvalue weighted by molar-refractivity contribution is 9.10. The Labute approximate surface area is 125 Å². The summed E-state index contributed by atoms with van der Waals surface area (Å²) in [6.45, 7) is 0.987. The van der Waals surface area contributed by atoms with Crippen molar-refractivity contribution >= 4 is 38.8 Å². The Morgan fingerprint density at radius 3 is 3.00 bits per heavy atom. The smallest absolute Gasteiger partial charge is 0.159 e. The highest BCUT2D eigenvalue weighted by atomic mass is 79.9. The fourth-order valence-electron chi connectivity index (χ4n) is 3.03. The van der Waals surface area contributed by atoms with Crippen molar-refractivity contribution in [1.82, 2.24) is 0 Å². The van der Waals surface area contributed by atoms with Gasteiger partial charge in [-0.15, -0.1) is 0 Å². The molecular formula is C15H13BrN4. The van der Waals surface area contributed by atoms with E-state index in [1.165, 1.54) is 11.3 Å². The molecule has 3 N–H and O–H groups in total. The predicted octanol–water partition coefficient (Wildman–Crippen LogP) is 3.19. The molecule has 2 aromatic carbocycles. The summed E-state index contributed by atoms with van der Waals surface area (Å²) in [5.74, 6) is 6.31. The van der Waals surface area contributed by atoms with E-state index in [0.29, 0.717) is 5.84 Å². The number of anilines is 3. The van der Waals surface area contributed by atoms with Crippen molar-refractivity contribution in [2.45, 2.75) is 6.42 Å². The van der Waals surface area contributed by atoms with Crippen LogP contribution in [-0.2, 0) is 6.42 Å². The number of nitrogens with one attached hydrogen (secondary N) is 1. The molecule has 2 heterocycles. The fraction of sp³-hybridized carbons (Fsp3) is 0.133. The number of rotatable bonds is 0. The molecule has 5 heteroatoms. The molecule has 0 bridgehead atoms. The summed E-state index contributed by atoms with van der Waals surface area (Å²) in [5.41, 5.74) is 5.83. The van der Waals surface area contributed by atoms with Crippen LogP contribution in [0.3, 0.4) is 0 Å². The van der Waals surface area contributed by atoms with E-state index in [1.54, 1.807) is 0 Å². The molecule has 100 valence electrons. The topological polar surface area (TPSA) is 53.6 Å². The van der Waals surface area contributed by atoms with Crippen LogP contribution in [0, 0.1) is 0 Å². The maximum absolute atomic E-state index is 5.59. The molecule has 0 unspecified atom stereocenters. The normalized spacial score (nSPS) is 17.4. The molecule has 0 radical (unpaired) electrons. The Hall–Kier alpha value is -2.01. The van der Waals surface area contributed by atoms with Crippen molar-refractivity contribution in [2.24, 2.45) is 10.9 Å². The zero-order valence-electron chi connectivity index (χ0n) is 10.7. The van der Waals surface area contributed by atoms with Crippen molar-refractivity contribution < 1.29 is 0 Å². The Bertz CT molecular complexity index is 739. The maximum Gasteiger partial charge on any atom is 0.159 e. The van der Waals surface area contributed by atoms with Gasteiger partial charge < -0.3 is 16.1 Å². The minimum absolute atomic E-state index is 0.714. The third-order valence-electron chi connectivity index (χ3n) is 3.88. The van der Waals surface area contributed by atoms with Gasteiger partial charge >= 0.3 is 0 Å². The second-order valence-corrected chi connectivity index (χ2v) is 5.89. The summed E-state index contributed by atoms with van der Waals surface area (Å²) >= 11 is 3.52. The van der Waals surface area contributed by atoms with E-state index in [4.69, 9.17) is 5.84 Å². The summed E-state index contributed by atoms with van der Waals surface area (Å²) in [5, 5.41) is 7.30. The second kappa shape index (κ2) is 4.24. The zero-order chi connectivity index (χ0) is 13.7. The molecule has 0 aliphatic carbocycles. The lowest BCUT2D eigenvalue weighted by molar-refractivity contribution is 1.000. The molecule has 0 saturated heterocycles. The van der Waals surface area contributed by atoms with Crippen LogP contribution in [0.2, 0.25) is 0 Å². The number of hydrogen-bond donors (Lipinski definition) is 2. The molecule has 2 aromatic rings. The number of fused-ring (bicyclic) bond motifs is 2. The Morgan fingerprint density at radius 2 is 2.15 bits per heavy atom. The number of benzene rings is 2. The summed E-state index contributed by atoms with van der Waals surface area (Å²) in [6.07, 6.45) is 1.05. The lowest BCUT2D eigenvalue weighted by Crippen LogP contribution is -2.15. The summed E-state index contributed by atoms with van der Waals surface area (Å²) in [4.78, 5) is 2.34. The molecular weight excluding hydrogens is 316 g/mol. The van der Waals surface area contributed by atoms with Gasteiger partial charge in [0, 0.05) is 16.6 Å². The fourth-order valence-corrected chi connectivity index (χ4v) is 3.39. The first-order valence-electron chi connectivity index (χ1n) is 6.52. The van der Waals surface area contributed by atoms with Crippen molar-refractivity contribution in [3.63, 3.8) is 0 Å². The zero-order valence-corrected chi connectivity index (χ0v) is 12.3. The number of halogens is 1. The molecule has 0 aromatic heterocycles. The van der Waals surface area contributed by atoms with Crippen LogP contribution in [0.15, 0.2) is 46.0 Å². The molecule has 0 fully saturated rings. The molecule has 4 nitrogen and oxygen atoms in total. The monoisotopic (exact) mass is 328 g/mol. The van der Waals surface area contributed by atoms with E-state index >= 15 is 0 Å². The lowest BCUT2D eigenvalue weighted by atomic mass is 10.1. The molecule has 0 spiro atoms. The van der Waals surface area contributed by atoms with Crippen molar-refractivity contribution in [1.29, 1.82) is 0 Å². The number of nitrogens with zero attached hydrogens (tertiary/aromatic N) is 2. The van der Waals surface area contributed by atoms with Crippen LogP contribution in [0.4, 0.5) is 17.1 Å². The first-order valence-corrected chi connectivity index (χ1v) is 7.31. The van der Waals surface area contributed by atoms with Gasteiger partial charge in [-0.25, -0.2) is 0 Å². The Balaban J connectivity index is 2.03. The van der Waals surface area contributed by atoms with Gasteiger partial charge in [0.25, 0.3) is 0 Å². The minimum Gasteiger partial charge on any atom is -0.339 e. The van der Waals surface area contributed by atoms with Gasteiger partial charge in [0.15, 0.2) is 5.84 Å². The lowest BCUT2D eigenvalue weighted by Gasteiger charge is -2.20. The standard InChI is InChI=1S/C15H13BrN4/c16-10-4-5-13-12(8-10)18-15(19-17)11-3-1-2-9-6-7-20(13)14(9)11/h1-5,8H,6-7,17H2,(H,18,19). The van der Waals surface area contributed by atoms with Gasteiger partial charge in [0.2, 0.25) is 0 Å². The van der Waals surface area contributed by atoms with E-state index in [1.807, 2.05) is 0 Å². The van der Waals surface area contributed by atoms with Gasteiger partial charge in [-0.3, -0.25) is 0 Å². The molecule has 0 saturated carbocycles. The van der Waals surface area contributed by atoms with Gasteiger partial charge in [0.05, 0.1) is 17.1 Å². The van der Waals surface area contributed by atoms with Crippen LogP contribution in [0.25, 0.3) is 0 Å². The van der Waals surface area contributed by atoms with Crippen LogP contribution >= 0.6 is 15.9 Å². The average molecular weight is 329 g/mol.